The lowest BCUT2D eigenvalue weighted by molar-refractivity contribution is 0.303. The lowest BCUT2D eigenvalue weighted by Gasteiger charge is -2.17. The van der Waals surface area contributed by atoms with E-state index in [1.54, 1.807) is 0 Å². The Morgan fingerprint density at radius 1 is 0.645 bits per heavy atom. The summed E-state index contributed by atoms with van der Waals surface area (Å²) in [5, 5.41) is 8.58. The molecule has 0 bridgehead atoms. The van der Waals surface area contributed by atoms with Gasteiger partial charge in [0.2, 0.25) is 0 Å². The van der Waals surface area contributed by atoms with Crippen molar-refractivity contribution in [2.24, 2.45) is 0 Å². The molecule has 0 fully saturated rings. The Morgan fingerprint density at radius 2 is 1.32 bits per heavy atom. The number of nitrogens with one attached hydrogen (secondary N) is 1. The van der Waals surface area contributed by atoms with Crippen LogP contribution in [0.25, 0.3) is 21.5 Å². The van der Waals surface area contributed by atoms with Crippen molar-refractivity contribution in [2.45, 2.75) is 20.1 Å². The van der Waals surface area contributed by atoms with Crippen LogP contribution in [-0.4, -0.2) is 0 Å². The monoisotopic (exact) mass is 403 g/mol. The summed E-state index contributed by atoms with van der Waals surface area (Å²) in [6.45, 7) is 3.38. The fourth-order valence-electron chi connectivity index (χ4n) is 4.12. The first kappa shape index (κ1) is 19.2. The van der Waals surface area contributed by atoms with Crippen molar-refractivity contribution in [3.05, 3.63) is 120 Å². The van der Waals surface area contributed by atoms with Crippen LogP contribution in [0.5, 0.6) is 5.75 Å². The van der Waals surface area contributed by atoms with Crippen LogP contribution in [0.4, 0.5) is 5.69 Å². The van der Waals surface area contributed by atoms with Crippen molar-refractivity contribution < 1.29 is 4.74 Å². The Hall–Kier alpha value is -3.78. The van der Waals surface area contributed by atoms with Gasteiger partial charge in [-0.3, -0.25) is 0 Å². The molecular formula is C29H25NO. The minimum Gasteiger partial charge on any atom is -0.489 e. The number of aryl methyl sites for hydroxylation is 1. The third-order valence-electron chi connectivity index (χ3n) is 5.89. The third kappa shape index (κ3) is 3.97. The van der Waals surface area contributed by atoms with E-state index >= 15 is 0 Å². The fourth-order valence-corrected chi connectivity index (χ4v) is 4.12. The summed E-state index contributed by atoms with van der Waals surface area (Å²) in [6.07, 6.45) is 0. The maximum atomic E-state index is 6.35. The zero-order valence-electron chi connectivity index (χ0n) is 17.6. The number of hydrogen-bond donors (Lipinski definition) is 1. The molecule has 2 nitrogen and oxygen atoms in total. The Morgan fingerprint density at radius 3 is 2.16 bits per heavy atom. The minimum absolute atomic E-state index is 0.562. The lowest BCUT2D eigenvalue weighted by atomic mass is 10.0. The van der Waals surface area contributed by atoms with Crippen molar-refractivity contribution >= 4 is 27.2 Å². The molecule has 0 aliphatic heterocycles. The van der Waals surface area contributed by atoms with Gasteiger partial charge in [0.05, 0.1) is 0 Å². The maximum Gasteiger partial charge on any atom is 0.125 e. The average Bonchev–Trinajstić information content (AvgIpc) is 2.82. The molecule has 5 aromatic rings. The van der Waals surface area contributed by atoms with Gasteiger partial charge >= 0.3 is 0 Å². The molecule has 0 atom stereocenters. The SMILES string of the molecule is Cc1ccccc1COc1ccc2ccccc2c1CNc1cccc2ccccc12. The summed E-state index contributed by atoms with van der Waals surface area (Å²) in [5.74, 6) is 0.926. The zero-order chi connectivity index (χ0) is 21.0. The van der Waals surface area contributed by atoms with Crippen molar-refractivity contribution in [1.82, 2.24) is 0 Å². The van der Waals surface area contributed by atoms with Crippen LogP contribution >= 0.6 is 0 Å². The Labute approximate surface area is 183 Å². The molecule has 0 unspecified atom stereocenters. The summed E-state index contributed by atoms with van der Waals surface area (Å²) < 4.78 is 6.35. The highest BCUT2D eigenvalue weighted by atomic mass is 16.5. The molecule has 5 rings (SSSR count). The Balaban J connectivity index is 1.48. The summed E-state index contributed by atoms with van der Waals surface area (Å²) in [6, 6.07) is 36.0. The van der Waals surface area contributed by atoms with Crippen LogP contribution in [0, 0.1) is 6.92 Å². The highest BCUT2D eigenvalue weighted by Crippen LogP contribution is 2.31. The van der Waals surface area contributed by atoms with Gasteiger partial charge in [-0.05, 0) is 46.3 Å². The number of anilines is 1. The van der Waals surface area contributed by atoms with Crippen LogP contribution in [0.15, 0.2) is 103 Å². The van der Waals surface area contributed by atoms with Crippen LogP contribution in [0.2, 0.25) is 0 Å². The van der Waals surface area contributed by atoms with Crippen LogP contribution in [-0.2, 0) is 13.2 Å². The van der Waals surface area contributed by atoms with E-state index in [0.29, 0.717) is 13.2 Å². The number of fused-ring (bicyclic) bond motifs is 2. The van der Waals surface area contributed by atoms with Gasteiger partial charge in [-0.1, -0.05) is 91.0 Å². The molecule has 0 heterocycles. The first-order chi connectivity index (χ1) is 15.3. The molecule has 0 spiro atoms. The number of ether oxygens (including phenoxy) is 1. The minimum atomic E-state index is 0.562. The normalized spacial score (nSPS) is 11.0. The average molecular weight is 404 g/mol. The molecular weight excluding hydrogens is 378 g/mol. The summed E-state index contributed by atoms with van der Waals surface area (Å²) >= 11 is 0. The quantitative estimate of drug-likeness (QED) is 0.317. The maximum absolute atomic E-state index is 6.35. The molecule has 2 heteroatoms. The number of rotatable bonds is 6. The molecule has 0 saturated carbocycles. The second-order valence-corrected chi connectivity index (χ2v) is 7.86. The van der Waals surface area contributed by atoms with Crippen molar-refractivity contribution in [2.75, 3.05) is 5.32 Å². The first-order valence-electron chi connectivity index (χ1n) is 10.7. The molecule has 1 N–H and O–H groups in total. The number of benzene rings is 5. The van der Waals surface area contributed by atoms with Crippen LogP contribution in [0.1, 0.15) is 16.7 Å². The highest BCUT2D eigenvalue weighted by molar-refractivity contribution is 5.94. The van der Waals surface area contributed by atoms with Crippen molar-refractivity contribution in [3.8, 4) is 5.75 Å². The van der Waals surface area contributed by atoms with Gasteiger partial charge < -0.3 is 10.1 Å². The molecule has 0 saturated heterocycles. The van der Waals surface area contributed by atoms with Crippen molar-refractivity contribution in [1.29, 1.82) is 0 Å². The van der Waals surface area contributed by atoms with E-state index in [2.05, 4.69) is 115 Å². The standard InChI is InChI=1S/C29H25NO/c1-21-9-2-3-12-24(21)20-31-29-18-17-23-11-4-6-14-25(23)27(29)19-30-28-16-8-13-22-10-5-7-15-26(22)28/h2-18,30H,19-20H2,1H3. The van der Waals surface area contributed by atoms with E-state index in [-0.39, 0.29) is 0 Å². The van der Waals surface area contributed by atoms with Gasteiger partial charge in [0.25, 0.3) is 0 Å². The molecule has 152 valence electrons. The molecule has 5 aromatic carbocycles. The van der Waals surface area contributed by atoms with Crippen molar-refractivity contribution in [3.63, 3.8) is 0 Å². The first-order valence-corrected chi connectivity index (χ1v) is 10.7. The van der Waals surface area contributed by atoms with E-state index in [1.807, 2.05) is 0 Å². The van der Waals surface area contributed by atoms with Gasteiger partial charge in [-0.25, -0.2) is 0 Å². The van der Waals surface area contributed by atoms with Gasteiger partial charge in [-0.2, -0.15) is 0 Å². The van der Waals surface area contributed by atoms with E-state index in [9.17, 15) is 0 Å². The molecule has 0 aliphatic carbocycles. The second kappa shape index (κ2) is 8.53. The summed E-state index contributed by atoms with van der Waals surface area (Å²) in [4.78, 5) is 0. The number of hydrogen-bond acceptors (Lipinski definition) is 2. The van der Waals surface area contributed by atoms with Gasteiger partial charge in [-0.15, -0.1) is 0 Å². The van der Waals surface area contributed by atoms with E-state index in [4.69, 9.17) is 4.74 Å². The Kier molecular flexibility index (Phi) is 5.28. The van der Waals surface area contributed by atoms with E-state index in [1.165, 1.54) is 38.2 Å². The second-order valence-electron chi connectivity index (χ2n) is 7.86. The van der Waals surface area contributed by atoms with Crippen LogP contribution in [0.3, 0.4) is 0 Å². The summed E-state index contributed by atoms with van der Waals surface area (Å²) in [5.41, 5.74) is 4.78. The summed E-state index contributed by atoms with van der Waals surface area (Å²) in [7, 11) is 0. The Bertz CT molecular complexity index is 1350. The zero-order valence-corrected chi connectivity index (χ0v) is 17.6. The fraction of sp³-hybridized carbons (Fsp3) is 0.103. The van der Waals surface area contributed by atoms with Gasteiger partial charge in [0, 0.05) is 23.2 Å². The largest absolute Gasteiger partial charge is 0.489 e. The lowest BCUT2D eigenvalue weighted by Crippen LogP contribution is -2.05. The van der Waals surface area contributed by atoms with Crippen LogP contribution < -0.4 is 10.1 Å². The molecule has 0 aliphatic rings. The predicted molar refractivity (Wildman–Crippen MR) is 131 cm³/mol. The molecule has 0 amide bonds. The molecule has 0 aromatic heterocycles. The third-order valence-corrected chi connectivity index (χ3v) is 5.89. The van der Waals surface area contributed by atoms with E-state index in [0.717, 1.165) is 11.4 Å². The van der Waals surface area contributed by atoms with Gasteiger partial charge in [0.1, 0.15) is 12.4 Å². The molecule has 31 heavy (non-hydrogen) atoms. The smallest absolute Gasteiger partial charge is 0.125 e. The van der Waals surface area contributed by atoms with E-state index < -0.39 is 0 Å². The van der Waals surface area contributed by atoms with Gasteiger partial charge in [0.15, 0.2) is 0 Å². The molecule has 0 radical (unpaired) electrons. The topological polar surface area (TPSA) is 21.3 Å². The highest BCUT2D eigenvalue weighted by Gasteiger charge is 2.11. The predicted octanol–water partition coefficient (Wildman–Crippen LogP) is 7.49.